The highest BCUT2D eigenvalue weighted by molar-refractivity contribution is 5.94. The molecule has 2 aliphatic heterocycles. The zero-order valence-corrected chi connectivity index (χ0v) is 17.4. The van der Waals surface area contributed by atoms with Gasteiger partial charge in [0, 0.05) is 50.7 Å². The van der Waals surface area contributed by atoms with Gasteiger partial charge in [-0.1, -0.05) is 6.42 Å². The second kappa shape index (κ2) is 8.45. The number of halogens is 1. The van der Waals surface area contributed by atoms with Gasteiger partial charge < -0.3 is 14.4 Å². The predicted octanol–water partition coefficient (Wildman–Crippen LogP) is 3.17. The first kappa shape index (κ1) is 19.7. The van der Waals surface area contributed by atoms with Crippen LogP contribution in [0, 0.1) is 5.82 Å². The second-order valence-electron chi connectivity index (χ2n) is 8.04. The van der Waals surface area contributed by atoms with Gasteiger partial charge in [0.15, 0.2) is 0 Å². The fourth-order valence-electron chi connectivity index (χ4n) is 4.45. The van der Waals surface area contributed by atoms with Gasteiger partial charge >= 0.3 is 0 Å². The van der Waals surface area contributed by atoms with Crippen LogP contribution in [0.5, 0.6) is 0 Å². The molecule has 8 heteroatoms. The Balaban J connectivity index is 1.41. The molecule has 4 heterocycles. The molecule has 0 bridgehead atoms. The topological polar surface area (TPSA) is 67.2 Å². The molecule has 0 N–H and O–H groups in total. The number of benzene rings is 1. The molecule has 2 aliphatic rings. The minimum atomic E-state index is -0.274. The average molecular weight is 420 g/mol. The molecule has 1 amide bonds. The first-order valence-electron chi connectivity index (χ1n) is 10.9. The van der Waals surface area contributed by atoms with Crippen LogP contribution in [0.15, 0.2) is 42.9 Å². The third-order valence-electron chi connectivity index (χ3n) is 6.11. The Morgan fingerprint density at radius 1 is 0.935 bits per heavy atom. The number of piperazine rings is 1. The third kappa shape index (κ3) is 3.89. The van der Waals surface area contributed by atoms with E-state index in [0.29, 0.717) is 31.9 Å². The summed E-state index contributed by atoms with van der Waals surface area (Å²) in [5.41, 5.74) is 2.41. The standard InChI is InChI=1S/C23H25FN6O/c24-18-7-5-17(6-8-18)22-27-21(19-4-2-1-3-11-30(19)22)23(31)29-14-12-28(13-15-29)20-16-25-9-10-26-20/h5-10,16H,1-4,11-15H2. The van der Waals surface area contributed by atoms with Crippen LogP contribution in [-0.2, 0) is 13.0 Å². The van der Waals surface area contributed by atoms with Crippen molar-refractivity contribution < 1.29 is 9.18 Å². The van der Waals surface area contributed by atoms with Gasteiger partial charge in [0.05, 0.1) is 11.9 Å². The zero-order valence-electron chi connectivity index (χ0n) is 17.4. The van der Waals surface area contributed by atoms with Gasteiger partial charge in [0.1, 0.15) is 23.2 Å². The van der Waals surface area contributed by atoms with Gasteiger partial charge in [-0.25, -0.2) is 14.4 Å². The summed E-state index contributed by atoms with van der Waals surface area (Å²) in [6.45, 7) is 3.50. The van der Waals surface area contributed by atoms with Crippen molar-refractivity contribution in [2.75, 3.05) is 31.1 Å². The van der Waals surface area contributed by atoms with Gasteiger partial charge in [-0.3, -0.25) is 9.78 Å². The van der Waals surface area contributed by atoms with E-state index >= 15 is 0 Å². The molecule has 0 radical (unpaired) electrons. The lowest BCUT2D eigenvalue weighted by molar-refractivity contribution is 0.0740. The molecule has 0 atom stereocenters. The molecule has 1 aromatic carbocycles. The van der Waals surface area contributed by atoms with Crippen molar-refractivity contribution >= 4 is 11.7 Å². The average Bonchev–Trinajstić information content (AvgIpc) is 3.00. The number of aromatic nitrogens is 4. The quantitative estimate of drug-likeness (QED) is 0.651. The zero-order chi connectivity index (χ0) is 21.2. The number of imidazole rings is 1. The number of hydrogen-bond donors (Lipinski definition) is 0. The number of rotatable bonds is 3. The van der Waals surface area contributed by atoms with E-state index in [4.69, 9.17) is 4.98 Å². The van der Waals surface area contributed by atoms with E-state index in [1.807, 2.05) is 4.90 Å². The SMILES string of the molecule is O=C(c1nc(-c2ccc(F)cc2)n2c1CCCCC2)N1CCN(c2cnccn2)CC1. The fourth-order valence-corrected chi connectivity index (χ4v) is 4.45. The minimum absolute atomic E-state index is 0.0159. The second-order valence-corrected chi connectivity index (χ2v) is 8.04. The predicted molar refractivity (Wildman–Crippen MR) is 115 cm³/mol. The van der Waals surface area contributed by atoms with Crippen LogP contribution in [0.2, 0.25) is 0 Å². The largest absolute Gasteiger partial charge is 0.352 e. The molecule has 5 rings (SSSR count). The summed E-state index contributed by atoms with van der Waals surface area (Å²) in [6.07, 6.45) is 9.18. The number of anilines is 1. The van der Waals surface area contributed by atoms with Crippen molar-refractivity contribution in [3.63, 3.8) is 0 Å². The lowest BCUT2D eigenvalue weighted by atomic mass is 10.1. The van der Waals surface area contributed by atoms with Crippen LogP contribution in [0.1, 0.15) is 35.4 Å². The van der Waals surface area contributed by atoms with Crippen LogP contribution in [-0.4, -0.2) is 56.5 Å². The lowest BCUT2D eigenvalue weighted by Gasteiger charge is -2.35. The molecule has 1 fully saturated rings. The minimum Gasteiger partial charge on any atom is -0.352 e. The molecule has 0 saturated carbocycles. The van der Waals surface area contributed by atoms with E-state index in [1.165, 1.54) is 12.1 Å². The normalized spacial score (nSPS) is 16.7. The summed E-state index contributed by atoms with van der Waals surface area (Å²) in [5, 5.41) is 0. The Kier molecular flexibility index (Phi) is 5.36. The fraction of sp³-hybridized carbons (Fsp3) is 0.391. The number of carbonyl (C=O) groups is 1. The first-order valence-corrected chi connectivity index (χ1v) is 10.9. The summed E-state index contributed by atoms with van der Waals surface area (Å²) in [4.78, 5) is 30.8. The van der Waals surface area contributed by atoms with Crippen molar-refractivity contribution in [1.29, 1.82) is 0 Å². The lowest BCUT2D eigenvalue weighted by Crippen LogP contribution is -2.49. The number of amides is 1. The molecular formula is C23H25FN6O. The van der Waals surface area contributed by atoms with Gasteiger partial charge in [0.2, 0.25) is 0 Å². The number of fused-ring (bicyclic) bond motifs is 1. The first-order chi connectivity index (χ1) is 15.2. The van der Waals surface area contributed by atoms with Crippen LogP contribution in [0.4, 0.5) is 10.2 Å². The van der Waals surface area contributed by atoms with Gasteiger partial charge in [-0.15, -0.1) is 0 Å². The maximum absolute atomic E-state index is 13.5. The van der Waals surface area contributed by atoms with E-state index in [1.54, 1.807) is 30.7 Å². The molecule has 0 spiro atoms. The van der Waals surface area contributed by atoms with Crippen molar-refractivity contribution in [3.05, 3.63) is 60.1 Å². The summed E-state index contributed by atoms with van der Waals surface area (Å²) in [7, 11) is 0. The summed E-state index contributed by atoms with van der Waals surface area (Å²) >= 11 is 0. The van der Waals surface area contributed by atoms with Crippen molar-refractivity contribution in [2.24, 2.45) is 0 Å². The highest BCUT2D eigenvalue weighted by Gasteiger charge is 2.29. The number of hydrogen-bond acceptors (Lipinski definition) is 5. The molecule has 2 aromatic heterocycles. The van der Waals surface area contributed by atoms with Crippen molar-refractivity contribution in [1.82, 2.24) is 24.4 Å². The van der Waals surface area contributed by atoms with Crippen LogP contribution >= 0.6 is 0 Å². The van der Waals surface area contributed by atoms with E-state index in [0.717, 1.165) is 55.1 Å². The monoisotopic (exact) mass is 420 g/mol. The summed E-state index contributed by atoms with van der Waals surface area (Å²) < 4.78 is 15.6. The van der Waals surface area contributed by atoms with Crippen molar-refractivity contribution in [3.8, 4) is 11.4 Å². The maximum atomic E-state index is 13.5. The van der Waals surface area contributed by atoms with E-state index in [2.05, 4.69) is 19.4 Å². The van der Waals surface area contributed by atoms with Crippen LogP contribution in [0.3, 0.4) is 0 Å². The summed E-state index contributed by atoms with van der Waals surface area (Å²) in [6, 6.07) is 6.37. The van der Waals surface area contributed by atoms with Crippen LogP contribution in [0.25, 0.3) is 11.4 Å². The van der Waals surface area contributed by atoms with Gasteiger partial charge in [0.25, 0.3) is 5.91 Å². The molecule has 1 saturated heterocycles. The smallest absolute Gasteiger partial charge is 0.274 e. The molecule has 0 unspecified atom stereocenters. The molecule has 31 heavy (non-hydrogen) atoms. The molecular weight excluding hydrogens is 395 g/mol. The number of carbonyl (C=O) groups excluding carboxylic acids is 1. The maximum Gasteiger partial charge on any atom is 0.274 e. The van der Waals surface area contributed by atoms with E-state index in [-0.39, 0.29) is 11.7 Å². The Morgan fingerprint density at radius 3 is 2.48 bits per heavy atom. The molecule has 160 valence electrons. The van der Waals surface area contributed by atoms with Crippen molar-refractivity contribution in [2.45, 2.75) is 32.2 Å². The summed E-state index contributed by atoms with van der Waals surface area (Å²) in [5.74, 6) is 1.31. The van der Waals surface area contributed by atoms with E-state index < -0.39 is 0 Å². The molecule has 3 aromatic rings. The van der Waals surface area contributed by atoms with Gasteiger partial charge in [-0.05, 0) is 43.5 Å². The third-order valence-corrected chi connectivity index (χ3v) is 6.11. The molecule has 0 aliphatic carbocycles. The highest BCUT2D eigenvalue weighted by Crippen LogP contribution is 2.28. The Labute approximate surface area is 180 Å². The Bertz CT molecular complexity index is 1060. The Hall–Kier alpha value is -3.29. The molecule has 7 nitrogen and oxygen atoms in total. The van der Waals surface area contributed by atoms with E-state index in [9.17, 15) is 9.18 Å². The Morgan fingerprint density at radius 2 is 1.74 bits per heavy atom. The van der Waals surface area contributed by atoms with Gasteiger partial charge in [-0.2, -0.15) is 0 Å². The number of nitrogens with zero attached hydrogens (tertiary/aromatic N) is 6. The van der Waals surface area contributed by atoms with Crippen LogP contribution < -0.4 is 4.90 Å². The highest BCUT2D eigenvalue weighted by atomic mass is 19.1.